The van der Waals surface area contributed by atoms with Crippen molar-refractivity contribution in [1.82, 2.24) is 15.1 Å². The summed E-state index contributed by atoms with van der Waals surface area (Å²) in [6, 6.07) is 7.27. The molecule has 1 amide bonds. The number of hydrogen-bond acceptors (Lipinski definition) is 4. The molecule has 1 aromatic heterocycles. The number of carbonyl (C=O) groups is 1. The van der Waals surface area contributed by atoms with E-state index in [1.54, 1.807) is 6.07 Å². The topological polar surface area (TPSA) is 85.0 Å². The summed E-state index contributed by atoms with van der Waals surface area (Å²) in [5.74, 6) is -0.208. The van der Waals surface area contributed by atoms with Gasteiger partial charge in [-0.25, -0.2) is 0 Å². The van der Waals surface area contributed by atoms with E-state index >= 15 is 0 Å². The molecule has 0 atom stereocenters. The zero-order chi connectivity index (χ0) is 14.1. The van der Waals surface area contributed by atoms with Gasteiger partial charge in [-0.3, -0.25) is 9.48 Å². The van der Waals surface area contributed by atoms with Gasteiger partial charge in [0.25, 0.3) is 5.91 Å². The Morgan fingerprint density at radius 2 is 2.30 bits per heavy atom. The summed E-state index contributed by atoms with van der Waals surface area (Å²) in [7, 11) is 0. The van der Waals surface area contributed by atoms with Crippen molar-refractivity contribution in [2.45, 2.75) is 20.0 Å². The second-order valence-corrected chi connectivity index (χ2v) is 4.95. The zero-order valence-electron chi connectivity index (χ0n) is 11.3. The Morgan fingerprint density at radius 1 is 1.45 bits per heavy atom. The van der Waals surface area contributed by atoms with Crippen LogP contribution in [0.1, 0.15) is 21.7 Å². The molecular weight excluding hydrogens is 254 g/mol. The minimum Gasteiger partial charge on any atom is -0.399 e. The highest BCUT2D eigenvalue weighted by Gasteiger charge is 2.17. The fraction of sp³-hybridized carbons (Fsp3) is 0.286. The minimum absolute atomic E-state index is 0.208. The first kappa shape index (κ1) is 12.7. The standard InChI is InChI=1S/C14H17N5O/c1-9-2-3-10(15)6-12(9)17-14(20)13-7-11-8-16-4-5-19(11)18-13/h2-3,6-7,16H,4-5,8,15H2,1H3,(H,17,20). The lowest BCUT2D eigenvalue weighted by Gasteiger charge is -2.13. The van der Waals surface area contributed by atoms with Crippen LogP contribution in [0.5, 0.6) is 0 Å². The summed E-state index contributed by atoms with van der Waals surface area (Å²) in [6.07, 6.45) is 0. The molecule has 0 unspecified atom stereocenters. The van der Waals surface area contributed by atoms with Crippen LogP contribution in [0, 0.1) is 6.92 Å². The van der Waals surface area contributed by atoms with Crippen molar-refractivity contribution in [2.75, 3.05) is 17.6 Å². The molecule has 0 spiro atoms. The number of aryl methyl sites for hydroxylation is 1. The van der Waals surface area contributed by atoms with Gasteiger partial charge in [0.1, 0.15) is 0 Å². The molecule has 0 aliphatic carbocycles. The lowest BCUT2D eigenvalue weighted by Crippen LogP contribution is -2.28. The average molecular weight is 271 g/mol. The fourth-order valence-electron chi connectivity index (χ4n) is 2.26. The first-order chi connectivity index (χ1) is 9.63. The first-order valence-corrected chi connectivity index (χ1v) is 6.58. The highest BCUT2D eigenvalue weighted by atomic mass is 16.2. The molecule has 1 aromatic carbocycles. The van der Waals surface area contributed by atoms with Crippen molar-refractivity contribution in [2.24, 2.45) is 0 Å². The molecule has 0 fully saturated rings. The number of carbonyl (C=O) groups excluding carboxylic acids is 1. The second-order valence-electron chi connectivity index (χ2n) is 4.95. The number of benzene rings is 1. The molecule has 104 valence electrons. The van der Waals surface area contributed by atoms with Gasteiger partial charge in [-0.15, -0.1) is 0 Å². The molecule has 0 saturated heterocycles. The molecule has 4 N–H and O–H groups in total. The lowest BCUT2D eigenvalue weighted by atomic mass is 10.2. The van der Waals surface area contributed by atoms with Gasteiger partial charge in [0.05, 0.1) is 12.2 Å². The number of amides is 1. The van der Waals surface area contributed by atoms with E-state index in [2.05, 4.69) is 15.7 Å². The number of nitrogen functional groups attached to an aromatic ring is 1. The largest absolute Gasteiger partial charge is 0.399 e. The molecule has 1 aliphatic rings. The van der Waals surface area contributed by atoms with Gasteiger partial charge in [-0.2, -0.15) is 5.10 Å². The van der Waals surface area contributed by atoms with E-state index in [-0.39, 0.29) is 5.91 Å². The summed E-state index contributed by atoms with van der Waals surface area (Å²) < 4.78 is 1.87. The van der Waals surface area contributed by atoms with E-state index < -0.39 is 0 Å². The summed E-state index contributed by atoms with van der Waals surface area (Å²) in [5.41, 5.74) is 9.53. The molecule has 6 heteroatoms. The van der Waals surface area contributed by atoms with Gasteiger partial charge >= 0.3 is 0 Å². The van der Waals surface area contributed by atoms with Gasteiger partial charge in [0.2, 0.25) is 0 Å². The summed E-state index contributed by atoms with van der Waals surface area (Å²) in [4.78, 5) is 12.2. The quantitative estimate of drug-likeness (QED) is 0.715. The fourth-order valence-corrected chi connectivity index (χ4v) is 2.26. The van der Waals surface area contributed by atoms with Gasteiger partial charge in [0.15, 0.2) is 5.69 Å². The van der Waals surface area contributed by atoms with Crippen LogP contribution in [0.15, 0.2) is 24.3 Å². The van der Waals surface area contributed by atoms with E-state index in [1.807, 2.05) is 29.8 Å². The molecule has 6 nitrogen and oxygen atoms in total. The third kappa shape index (κ3) is 2.37. The Labute approximate surface area is 117 Å². The minimum atomic E-state index is -0.208. The third-order valence-corrected chi connectivity index (χ3v) is 3.41. The van der Waals surface area contributed by atoms with E-state index in [1.165, 1.54) is 0 Å². The SMILES string of the molecule is Cc1ccc(N)cc1NC(=O)c1cc2n(n1)CCNC2. The Hall–Kier alpha value is -2.34. The lowest BCUT2D eigenvalue weighted by molar-refractivity contribution is 0.102. The van der Waals surface area contributed by atoms with Gasteiger partial charge in [0, 0.05) is 24.5 Å². The predicted molar refractivity (Wildman–Crippen MR) is 77.5 cm³/mol. The smallest absolute Gasteiger partial charge is 0.276 e. The van der Waals surface area contributed by atoms with Crippen molar-refractivity contribution < 1.29 is 4.79 Å². The second kappa shape index (κ2) is 4.97. The molecule has 0 radical (unpaired) electrons. The Morgan fingerprint density at radius 3 is 3.10 bits per heavy atom. The highest BCUT2D eigenvalue weighted by Crippen LogP contribution is 2.19. The van der Waals surface area contributed by atoms with Crippen LogP contribution in [0.4, 0.5) is 11.4 Å². The van der Waals surface area contributed by atoms with Crippen molar-refractivity contribution in [1.29, 1.82) is 0 Å². The van der Waals surface area contributed by atoms with Crippen LogP contribution in [0.3, 0.4) is 0 Å². The van der Waals surface area contributed by atoms with Crippen LogP contribution in [0.25, 0.3) is 0 Å². The van der Waals surface area contributed by atoms with E-state index in [0.29, 0.717) is 11.4 Å². The van der Waals surface area contributed by atoms with E-state index in [0.717, 1.165) is 36.6 Å². The maximum absolute atomic E-state index is 12.2. The van der Waals surface area contributed by atoms with Crippen LogP contribution in [-0.4, -0.2) is 22.2 Å². The molecular formula is C14H17N5O. The Bertz CT molecular complexity index is 638. The van der Waals surface area contributed by atoms with E-state index in [4.69, 9.17) is 5.73 Å². The number of aromatic nitrogens is 2. The van der Waals surface area contributed by atoms with Crippen LogP contribution in [0.2, 0.25) is 0 Å². The molecule has 2 aromatic rings. The van der Waals surface area contributed by atoms with Gasteiger partial charge in [-0.05, 0) is 30.7 Å². The highest BCUT2D eigenvalue weighted by molar-refractivity contribution is 6.03. The normalized spacial score (nSPS) is 13.8. The van der Waals surface area contributed by atoms with Crippen LogP contribution in [-0.2, 0) is 13.1 Å². The zero-order valence-corrected chi connectivity index (χ0v) is 11.3. The van der Waals surface area contributed by atoms with Crippen LogP contribution < -0.4 is 16.4 Å². The maximum Gasteiger partial charge on any atom is 0.276 e. The molecule has 20 heavy (non-hydrogen) atoms. The van der Waals surface area contributed by atoms with Gasteiger partial charge < -0.3 is 16.4 Å². The van der Waals surface area contributed by atoms with Gasteiger partial charge in [-0.1, -0.05) is 6.07 Å². The summed E-state index contributed by atoms with van der Waals surface area (Å²) in [6.45, 7) is 4.35. The first-order valence-electron chi connectivity index (χ1n) is 6.58. The monoisotopic (exact) mass is 271 g/mol. The number of anilines is 2. The Balaban J connectivity index is 1.82. The predicted octanol–water partition coefficient (Wildman–Crippen LogP) is 1.13. The molecule has 0 bridgehead atoms. The number of fused-ring (bicyclic) bond motifs is 1. The van der Waals surface area contributed by atoms with Crippen molar-refractivity contribution in [3.05, 3.63) is 41.2 Å². The number of nitrogens with two attached hydrogens (primary N) is 1. The molecule has 0 saturated carbocycles. The molecule has 2 heterocycles. The van der Waals surface area contributed by atoms with E-state index in [9.17, 15) is 4.79 Å². The molecule has 1 aliphatic heterocycles. The number of rotatable bonds is 2. The van der Waals surface area contributed by atoms with Crippen molar-refractivity contribution >= 4 is 17.3 Å². The van der Waals surface area contributed by atoms with Crippen molar-refractivity contribution in [3.8, 4) is 0 Å². The number of hydrogen-bond donors (Lipinski definition) is 3. The average Bonchev–Trinajstić information content (AvgIpc) is 2.87. The van der Waals surface area contributed by atoms with Crippen LogP contribution >= 0.6 is 0 Å². The summed E-state index contributed by atoms with van der Waals surface area (Å²) >= 11 is 0. The molecule has 3 rings (SSSR count). The number of nitrogens with one attached hydrogen (secondary N) is 2. The Kier molecular flexibility index (Phi) is 3.15. The van der Waals surface area contributed by atoms with Crippen molar-refractivity contribution in [3.63, 3.8) is 0 Å². The maximum atomic E-state index is 12.2. The number of nitrogens with zero attached hydrogens (tertiary/aromatic N) is 2. The third-order valence-electron chi connectivity index (χ3n) is 3.41. The summed E-state index contributed by atoms with van der Waals surface area (Å²) in [5, 5.41) is 10.4.